The Kier molecular flexibility index (Phi) is 8.41. The molecule has 1 amide bonds. The van der Waals surface area contributed by atoms with E-state index in [1.54, 1.807) is 45.0 Å². The standard InChI is InChI=1S/C27H27Cl2F2N3O4S/c1-27(2,3)38-26(35)32-39(36,37)34(23-13-21(30)12-22(31)14-23)24-15-33(16-24)25(17-4-8-19(28)9-5-17)18-6-10-20(29)11-7-18/h4-14,24-25H,15-16H2,1-3H3,(H,32,35). The number of hydrogen-bond acceptors (Lipinski definition) is 5. The lowest BCUT2D eigenvalue weighted by atomic mass is 9.93. The predicted octanol–water partition coefficient (Wildman–Crippen LogP) is 6.32. The molecule has 0 bridgehead atoms. The van der Waals surface area contributed by atoms with Gasteiger partial charge in [-0.2, -0.15) is 8.42 Å². The van der Waals surface area contributed by atoms with Crippen LogP contribution in [0, 0.1) is 11.6 Å². The van der Waals surface area contributed by atoms with Crippen LogP contribution in [-0.4, -0.2) is 44.1 Å². The smallest absolute Gasteiger partial charge is 0.422 e. The molecule has 12 heteroatoms. The van der Waals surface area contributed by atoms with Crippen LogP contribution in [0.3, 0.4) is 0 Å². The number of likely N-dealkylation sites (tertiary alicyclic amines) is 1. The lowest BCUT2D eigenvalue weighted by molar-refractivity contribution is 0.0569. The fourth-order valence-corrected chi connectivity index (χ4v) is 5.93. The topological polar surface area (TPSA) is 78.9 Å². The lowest BCUT2D eigenvalue weighted by Gasteiger charge is -2.48. The molecule has 1 aliphatic heterocycles. The molecule has 1 fully saturated rings. The third kappa shape index (κ3) is 7.19. The molecule has 0 aliphatic carbocycles. The quantitative estimate of drug-likeness (QED) is 0.345. The Hall–Kier alpha value is -2.92. The number of nitrogens with one attached hydrogen (secondary N) is 1. The molecule has 0 aromatic heterocycles. The van der Waals surface area contributed by atoms with Gasteiger partial charge in [0.15, 0.2) is 0 Å². The minimum atomic E-state index is -4.62. The molecule has 208 valence electrons. The van der Waals surface area contributed by atoms with Crippen LogP contribution < -0.4 is 9.03 Å². The zero-order chi connectivity index (χ0) is 28.5. The van der Waals surface area contributed by atoms with Crippen LogP contribution in [-0.2, 0) is 14.9 Å². The SMILES string of the molecule is CC(C)(C)OC(=O)NS(=O)(=O)N(c1cc(F)cc(F)c1)C1CN(C(c2ccc(Cl)cc2)c2ccc(Cl)cc2)C1. The molecule has 0 saturated carbocycles. The number of carbonyl (C=O) groups is 1. The van der Waals surface area contributed by atoms with Gasteiger partial charge in [-0.15, -0.1) is 0 Å². The van der Waals surface area contributed by atoms with Crippen LogP contribution in [0.25, 0.3) is 0 Å². The minimum Gasteiger partial charge on any atom is -0.443 e. The van der Waals surface area contributed by atoms with Crippen molar-refractivity contribution in [1.29, 1.82) is 0 Å². The van der Waals surface area contributed by atoms with Gasteiger partial charge in [0.25, 0.3) is 0 Å². The van der Waals surface area contributed by atoms with Crippen LogP contribution in [0.2, 0.25) is 10.0 Å². The highest BCUT2D eigenvalue weighted by Gasteiger charge is 2.43. The van der Waals surface area contributed by atoms with Crippen molar-refractivity contribution < 1.29 is 26.7 Å². The summed E-state index contributed by atoms with van der Waals surface area (Å²) in [6.45, 7) is 5.11. The Morgan fingerprint density at radius 1 is 0.949 bits per heavy atom. The van der Waals surface area contributed by atoms with Crippen molar-refractivity contribution in [3.8, 4) is 0 Å². The molecule has 0 spiro atoms. The number of anilines is 1. The molecule has 0 radical (unpaired) electrons. The second-order valence-electron chi connectivity index (χ2n) is 10.1. The van der Waals surface area contributed by atoms with Gasteiger partial charge in [0.05, 0.1) is 17.8 Å². The number of rotatable bonds is 7. The first-order valence-electron chi connectivity index (χ1n) is 12.0. The highest BCUT2D eigenvalue weighted by atomic mass is 35.5. The summed E-state index contributed by atoms with van der Waals surface area (Å²) in [5.41, 5.74) is 0.576. The van der Waals surface area contributed by atoms with Crippen LogP contribution in [0.1, 0.15) is 37.9 Å². The number of hydrogen-bond donors (Lipinski definition) is 1. The van der Waals surface area contributed by atoms with E-state index in [4.69, 9.17) is 27.9 Å². The average molecular weight is 598 g/mol. The van der Waals surface area contributed by atoms with E-state index in [1.807, 2.05) is 33.9 Å². The second-order valence-corrected chi connectivity index (χ2v) is 12.6. The summed E-state index contributed by atoms with van der Waals surface area (Å²) in [7, 11) is -4.62. The Morgan fingerprint density at radius 2 is 1.41 bits per heavy atom. The molecule has 3 aromatic rings. The van der Waals surface area contributed by atoms with Crippen molar-refractivity contribution in [2.75, 3.05) is 17.4 Å². The number of halogens is 4. The maximum Gasteiger partial charge on any atom is 0.422 e. The molecule has 1 N–H and O–H groups in total. The second kappa shape index (κ2) is 11.3. The summed E-state index contributed by atoms with van der Waals surface area (Å²) in [5, 5.41) is 1.13. The first-order valence-corrected chi connectivity index (χ1v) is 14.2. The normalized spacial score (nSPS) is 14.7. The number of amides is 1. The third-order valence-corrected chi connectivity index (χ3v) is 7.89. The largest absolute Gasteiger partial charge is 0.443 e. The Labute approximate surface area is 236 Å². The first-order chi connectivity index (χ1) is 18.2. The third-order valence-electron chi connectivity index (χ3n) is 5.93. The molecular formula is C27H27Cl2F2N3O4S. The lowest BCUT2D eigenvalue weighted by Crippen LogP contribution is -2.63. The van der Waals surface area contributed by atoms with E-state index in [0.717, 1.165) is 27.6 Å². The first kappa shape index (κ1) is 29.1. The Morgan fingerprint density at radius 3 is 1.85 bits per heavy atom. The molecule has 0 atom stereocenters. The molecule has 7 nitrogen and oxygen atoms in total. The van der Waals surface area contributed by atoms with Gasteiger partial charge in [0.1, 0.15) is 17.2 Å². The van der Waals surface area contributed by atoms with Gasteiger partial charge in [0.2, 0.25) is 0 Å². The van der Waals surface area contributed by atoms with Crippen molar-refractivity contribution in [2.45, 2.75) is 38.5 Å². The minimum absolute atomic E-state index is 0.184. The molecule has 1 aliphatic rings. The maximum atomic E-state index is 14.2. The predicted molar refractivity (Wildman–Crippen MR) is 147 cm³/mol. The van der Waals surface area contributed by atoms with Gasteiger partial charge < -0.3 is 4.74 Å². The van der Waals surface area contributed by atoms with E-state index >= 15 is 0 Å². The summed E-state index contributed by atoms with van der Waals surface area (Å²) in [5.74, 6) is -1.92. The molecule has 4 rings (SSSR count). The van der Waals surface area contributed by atoms with Gasteiger partial charge in [-0.1, -0.05) is 47.5 Å². The number of carbonyl (C=O) groups excluding carboxylic acids is 1. The summed E-state index contributed by atoms with van der Waals surface area (Å²) in [6.07, 6.45) is -1.21. The molecule has 3 aromatic carbocycles. The zero-order valence-corrected chi connectivity index (χ0v) is 23.7. The van der Waals surface area contributed by atoms with Crippen LogP contribution in [0.15, 0.2) is 66.7 Å². The van der Waals surface area contributed by atoms with Gasteiger partial charge in [-0.25, -0.2) is 22.6 Å². The van der Waals surface area contributed by atoms with Crippen molar-refractivity contribution in [3.63, 3.8) is 0 Å². The Bertz CT molecular complexity index is 1380. The van der Waals surface area contributed by atoms with Crippen LogP contribution in [0.5, 0.6) is 0 Å². The van der Waals surface area contributed by atoms with Gasteiger partial charge in [-0.05, 0) is 68.3 Å². The highest BCUT2D eigenvalue weighted by Crippen LogP contribution is 2.37. The summed E-state index contributed by atoms with van der Waals surface area (Å²) >= 11 is 12.2. The Balaban J connectivity index is 1.66. The summed E-state index contributed by atoms with van der Waals surface area (Å²) < 4.78 is 62.9. The average Bonchev–Trinajstić information content (AvgIpc) is 2.77. The van der Waals surface area contributed by atoms with Crippen molar-refractivity contribution in [1.82, 2.24) is 9.62 Å². The summed E-state index contributed by atoms with van der Waals surface area (Å²) in [4.78, 5) is 14.4. The van der Waals surface area contributed by atoms with E-state index in [2.05, 4.69) is 0 Å². The van der Waals surface area contributed by atoms with Crippen molar-refractivity contribution in [3.05, 3.63) is 99.5 Å². The van der Waals surface area contributed by atoms with E-state index in [9.17, 15) is 22.0 Å². The zero-order valence-electron chi connectivity index (χ0n) is 21.4. The van der Waals surface area contributed by atoms with Gasteiger partial charge in [0, 0.05) is 29.2 Å². The monoisotopic (exact) mass is 597 g/mol. The van der Waals surface area contributed by atoms with Crippen molar-refractivity contribution >= 4 is 45.2 Å². The number of benzene rings is 3. The number of nitrogens with zero attached hydrogens (tertiary/aromatic N) is 2. The molecule has 1 saturated heterocycles. The van der Waals surface area contributed by atoms with Crippen LogP contribution in [0.4, 0.5) is 19.3 Å². The fourth-order valence-electron chi connectivity index (χ4n) is 4.42. The van der Waals surface area contributed by atoms with E-state index in [1.165, 1.54) is 0 Å². The molecule has 1 heterocycles. The maximum absolute atomic E-state index is 14.2. The fraction of sp³-hybridized carbons (Fsp3) is 0.296. The van der Waals surface area contributed by atoms with Gasteiger partial charge >= 0.3 is 16.3 Å². The summed E-state index contributed by atoms with van der Waals surface area (Å²) in [6, 6.07) is 15.9. The van der Waals surface area contributed by atoms with E-state index in [-0.39, 0.29) is 24.8 Å². The molecular weight excluding hydrogens is 571 g/mol. The van der Waals surface area contributed by atoms with E-state index in [0.29, 0.717) is 16.1 Å². The van der Waals surface area contributed by atoms with Crippen molar-refractivity contribution in [2.24, 2.45) is 0 Å². The van der Waals surface area contributed by atoms with Gasteiger partial charge in [-0.3, -0.25) is 4.90 Å². The van der Waals surface area contributed by atoms with E-state index < -0.39 is 39.6 Å². The molecule has 0 unspecified atom stereocenters. The molecule has 39 heavy (non-hydrogen) atoms. The highest BCUT2D eigenvalue weighted by molar-refractivity contribution is 7.91. The van der Waals surface area contributed by atoms with Crippen LogP contribution >= 0.6 is 23.2 Å². The number of ether oxygens (including phenoxy) is 1.